The Hall–Kier alpha value is -0.0400. The molecule has 0 aliphatic heterocycles. The Labute approximate surface area is 124 Å². The standard InChI is InChI=1S/C19H32O/c1-18-11-8-15-14(17(18)16(20)9-12-18)7-6-13-5-3-4-10-19(13,15)2/h13-17,20H,3-12H2,1-2H3. The van der Waals surface area contributed by atoms with Gasteiger partial charge in [0.05, 0.1) is 6.10 Å². The maximum atomic E-state index is 10.6. The van der Waals surface area contributed by atoms with Gasteiger partial charge in [0, 0.05) is 0 Å². The van der Waals surface area contributed by atoms with E-state index in [1.165, 1.54) is 57.8 Å². The van der Waals surface area contributed by atoms with E-state index in [0.717, 1.165) is 24.2 Å². The highest BCUT2D eigenvalue weighted by atomic mass is 16.3. The van der Waals surface area contributed by atoms with Gasteiger partial charge < -0.3 is 5.11 Å². The van der Waals surface area contributed by atoms with Crippen molar-refractivity contribution in [2.75, 3.05) is 0 Å². The molecule has 0 heterocycles. The largest absolute Gasteiger partial charge is 0.393 e. The molecule has 1 heteroatoms. The molecule has 0 bridgehead atoms. The molecule has 4 fully saturated rings. The van der Waals surface area contributed by atoms with Gasteiger partial charge in [0.2, 0.25) is 0 Å². The first-order valence-corrected chi connectivity index (χ1v) is 9.23. The monoisotopic (exact) mass is 276 g/mol. The summed E-state index contributed by atoms with van der Waals surface area (Å²) in [6.07, 6.45) is 14.0. The molecule has 0 aromatic rings. The molecule has 1 N–H and O–H groups in total. The topological polar surface area (TPSA) is 20.2 Å². The molecular weight excluding hydrogens is 244 g/mol. The van der Waals surface area contributed by atoms with Crippen molar-refractivity contribution in [3.63, 3.8) is 0 Å². The Morgan fingerprint density at radius 2 is 1.65 bits per heavy atom. The molecule has 4 rings (SSSR count). The highest BCUT2D eigenvalue weighted by molar-refractivity contribution is 5.08. The summed E-state index contributed by atoms with van der Waals surface area (Å²) in [5.74, 6) is 3.39. The van der Waals surface area contributed by atoms with Crippen molar-refractivity contribution in [2.45, 2.75) is 84.2 Å². The van der Waals surface area contributed by atoms with E-state index in [1.54, 1.807) is 0 Å². The quantitative estimate of drug-likeness (QED) is 0.675. The molecule has 0 amide bonds. The zero-order chi connectivity index (χ0) is 14.0. The third-order valence-corrected chi connectivity index (χ3v) is 8.38. The van der Waals surface area contributed by atoms with E-state index < -0.39 is 0 Å². The number of aliphatic hydroxyl groups is 1. The summed E-state index contributed by atoms with van der Waals surface area (Å²) in [6.45, 7) is 5.11. The zero-order valence-corrected chi connectivity index (χ0v) is 13.4. The summed E-state index contributed by atoms with van der Waals surface area (Å²) in [5.41, 5.74) is 1.09. The van der Waals surface area contributed by atoms with Crippen LogP contribution in [0.15, 0.2) is 0 Å². The molecule has 20 heavy (non-hydrogen) atoms. The fourth-order valence-corrected chi connectivity index (χ4v) is 7.32. The molecule has 0 aromatic carbocycles. The van der Waals surface area contributed by atoms with Crippen LogP contribution in [0.2, 0.25) is 0 Å². The Balaban J connectivity index is 1.66. The van der Waals surface area contributed by atoms with Crippen LogP contribution in [-0.2, 0) is 0 Å². The maximum absolute atomic E-state index is 10.6. The molecule has 114 valence electrons. The third-order valence-electron chi connectivity index (χ3n) is 8.38. The minimum Gasteiger partial charge on any atom is -0.393 e. The van der Waals surface area contributed by atoms with Crippen molar-refractivity contribution in [1.82, 2.24) is 0 Å². The smallest absolute Gasteiger partial charge is 0.0576 e. The van der Waals surface area contributed by atoms with Crippen molar-refractivity contribution >= 4 is 0 Å². The fourth-order valence-electron chi connectivity index (χ4n) is 7.32. The van der Waals surface area contributed by atoms with Crippen LogP contribution in [0, 0.1) is 34.5 Å². The van der Waals surface area contributed by atoms with E-state index in [-0.39, 0.29) is 6.10 Å². The van der Waals surface area contributed by atoms with Crippen LogP contribution in [-0.4, -0.2) is 11.2 Å². The predicted molar refractivity (Wildman–Crippen MR) is 82.4 cm³/mol. The Bertz CT molecular complexity index is 391. The van der Waals surface area contributed by atoms with Crippen LogP contribution < -0.4 is 0 Å². The minimum absolute atomic E-state index is 0.0107. The summed E-state index contributed by atoms with van der Waals surface area (Å²) in [5, 5.41) is 10.6. The molecule has 4 aliphatic carbocycles. The van der Waals surface area contributed by atoms with E-state index in [9.17, 15) is 5.11 Å². The first-order valence-electron chi connectivity index (χ1n) is 9.23. The molecule has 0 spiro atoms. The summed E-state index contributed by atoms with van der Waals surface area (Å²) in [4.78, 5) is 0. The van der Waals surface area contributed by atoms with E-state index in [1.807, 2.05) is 0 Å². The second-order valence-corrected chi connectivity index (χ2v) is 9.12. The number of hydrogen-bond donors (Lipinski definition) is 1. The van der Waals surface area contributed by atoms with Gasteiger partial charge in [-0.1, -0.05) is 26.7 Å². The summed E-state index contributed by atoms with van der Waals surface area (Å²) in [6, 6.07) is 0. The average Bonchev–Trinajstić information content (AvgIpc) is 2.74. The van der Waals surface area contributed by atoms with Crippen molar-refractivity contribution < 1.29 is 5.11 Å². The van der Waals surface area contributed by atoms with Gasteiger partial charge in [-0.3, -0.25) is 0 Å². The van der Waals surface area contributed by atoms with Crippen LogP contribution in [0.1, 0.15) is 78.1 Å². The molecule has 7 atom stereocenters. The van der Waals surface area contributed by atoms with Crippen molar-refractivity contribution in [1.29, 1.82) is 0 Å². The van der Waals surface area contributed by atoms with Gasteiger partial charge in [-0.25, -0.2) is 0 Å². The average molecular weight is 276 g/mol. The lowest BCUT2D eigenvalue weighted by Gasteiger charge is -2.60. The molecule has 4 aliphatic rings. The van der Waals surface area contributed by atoms with Gasteiger partial charge >= 0.3 is 0 Å². The predicted octanol–water partition coefficient (Wildman–Crippen LogP) is 4.78. The van der Waals surface area contributed by atoms with Gasteiger partial charge in [0.25, 0.3) is 0 Å². The van der Waals surface area contributed by atoms with E-state index in [4.69, 9.17) is 0 Å². The molecule has 0 aromatic heterocycles. The molecule has 0 radical (unpaired) electrons. The molecule has 0 saturated heterocycles. The Kier molecular flexibility index (Phi) is 3.05. The van der Waals surface area contributed by atoms with Crippen LogP contribution in [0.3, 0.4) is 0 Å². The van der Waals surface area contributed by atoms with Crippen LogP contribution in [0.4, 0.5) is 0 Å². The van der Waals surface area contributed by atoms with Gasteiger partial charge in [-0.15, -0.1) is 0 Å². The van der Waals surface area contributed by atoms with E-state index >= 15 is 0 Å². The zero-order valence-electron chi connectivity index (χ0n) is 13.4. The summed E-state index contributed by atoms with van der Waals surface area (Å²) < 4.78 is 0. The molecule has 7 unspecified atom stereocenters. The Morgan fingerprint density at radius 1 is 0.850 bits per heavy atom. The summed E-state index contributed by atoms with van der Waals surface area (Å²) >= 11 is 0. The lowest BCUT2D eigenvalue weighted by Crippen LogP contribution is -2.53. The van der Waals surface area contributed by atoms with Crippen molar-refractivity contribution in [3.8, 4) is 0 Å². The fraction of sp³-hybridized carbons (Fsp3) is 1.00. The van der Waals surface area contributed by atoms with Crippen molar-refractivity contribution in [3.05, 3.63) is 0 Å². The second kappa shape index (κ2) is 4.48. The van der Waals surface area contributed by atoms with Crippen LogP contribution >= 0.6 is 0 Å². The normalized spacial score (nSPS) is 58.6. The number of rotatable bonds is 0. The van der Waals surface area contributed by atoms with Crippen LogP contribution in [0.25, 0.3) is 0 Å². The third kappa shape index (κ3) is 1.71. The van der Waals surface area contributed by atoms with Gasteiger partial charge in [0.1, 0.15) is 0 Å². The van der Waals surface area contributed by atoms with Gasteiger partial charge in [0.15, 0.2) is 0 Å². The van der Waals surface area contributed by atoms with Crippen LogP contribution in [0.5, 0.6) is 0 Å². The number of fused-ring (bicyclic) bond motifs is 5. The number of aliphatic hydroxyl groups excluding tert-OH is 1. The van der Waals surface area contributed by atoms with Gasteiger partial charge in [-0.2, -0.15) is 0 Å². The molecule has 1 nitrogen and oxygen atoms in total. The summed E-state index contributed by atoms with van der Waals surface area (Å²) in [7, 11) is 0. The lowest BCUT2D eigenvalue weighted by molar-refractivity contribution is -0.122. The second-order valence-electron chi connectivity index (χ2n) is 9.12. The molecular formula is C19H32O. The maximum Gasteiger partial charge on any atom is 0.0576 e. The SMILES string of the molecule is CC12CCC(O)C1C1CCC3CCCCC3(C)C1CC2. The first-order chi connectivity index (χ1) is 9.55. The first kappa shape index (κ1) is 13.6. The van der Waals surface area contributed by atoms with E-state index in [0.29, 0.717) is 16.7 Å². The van der Waals surface area contributed by atoms with E-state index in [2.05, 4.69) is 13.8 Å². The molecule has 4 saturated carbocycles. The Morgan fingerprint density at radius 3 is 2.50 bits per heavy atom. The van der Waals surface area contributed by atoms with Crippen molar-refractivity contribution in [2.24, 2.45) is 34.5 Å². The number of hydrogen-bond acceptors (Lipinski definition) is 1. The lowest BCUT2D eigenvalue weighted by atomic mass is 9.45. The van der Waals surface area contributed by atoms with Gasteiger partial charge in [-0.05, 0) is 85.9 Å². The minimum atomic E-state index is 0.0107. The highest BCUT2D eigenvalue weighted by Crippen LogP contribution is 2.66. The highest BCUT2D eigenvalue weighted by Gasteiger charge is 2.59.